The molecule has 1 rings (SSSR count). The highest BCUT2D eigenvalue weighted by Gasteiger charge is 2.21. The van der Waals surface area contributed by atoms with Gasteiger partial charge < -0.3 is 15.0 Å². The summed E-state index contributed by atoms with van der Waals surface area (Å²) < 4.78 is 4.62. The maximum Gasteiger partial charge on any atom is 0.305 e. The Hall–Kier alpha value is -0.180. The van der Waals surface area contributed by atoms with Crippen molar-refractivity contribution in [2.45, 2.75) is 37.9 Å². The highest BCUT2D eigenvalue weighted by atomic mass is 127. The number of aliphatic imine (C=N–C) groups is 1. The van der Waals surface area contributed by atoms with Crippen LogP contribution in [-0.4, -0.2) is 61.6 Å². The largest absolute Gasteiger partial charge is 0.469 e. The first kappa shape index (κ1) is 20.8. The van der Waals surface area contributed by atoms with Crippen LogP contribution in [0.15, 0.2) is 4.99 Å². The van der Waals surface area contributed by atoms with E-state index < -0.39 is 0 Å². The number of carbonyl (C=O) groups is 1. The molecule has 1 saturated heterocycles. The van der Waals surface area contributed by atoms with E-state index in [0.29, 0.717) is 11.7 Å². The summed E-state index contributed by atoms with van der Waals surface area (Å²) in [5.74, 6) is 2.02. The van der Waals surface area contributed by atoms with Gasteiger partial charge in [0, 0.05) is 44.1 Å². The molecule has 1 fully saturated rings. The maximum atomic E-state index is 11.0. The lowest BCUT2D eigenvalue weighted by atomic mass is 10.2. The van der Waals surface area contributed by atoms with Gasteiger partial charge in [0.15, 0.2) is 5.96 Å². The van der Waals surface area contributed by atoms with Gasteiger partial charge in [0.25, 0.3) is 0 Å². The van der Waals surface area contributed by atoms with Crippen molar-refractivity contribution in [3.63, 3.8) is 0 Å². The first-order valence-corrected chi connectivity index (χ1v) is 8.40. The number of thioether (sulfide) groups is 1. The Morgan fingerprint density at radius 2 is 2.24 bits per heavy atom. The maximum absolute atomic E-state index is 11.0. The molecule has 5 nitrogen and oxygen atoms in total. The van der Waals surface area contributed by atoms with E-state index in [4.69, 9.17) is 0 Å². The third kappa shape index (κ3) is 8.13. The fourth-order valence-electron chi connectivity index (χ4n) is 2.19. The number of ether oxygens (including phenoxy) is 1. The van der Waals surface area contributed by atoms with E-state index >= 15 is 0 Å². The Morgan fingerprint density at radius 1 is 1.48 bits per heavy atom. The first-order valence-electron chi connectivity index (χ1n) is 7.35. The van der Waals surface area contributed by atoms with Crippen LogP contribution in [0.25, 0.3) is 0 Å². The number of esters is 1. The molecule has 0 spiro atoms. The van der Waals surface area contributed by atoms with Crippen molar-refractivity contribution in [2.75, 3.05) is 39.5 Å². The van der Waals surface area contributed by atoms with Crippen LogP contribution >= 0.6 is 35.7 Å². The number of guanidine groups is 1. The molecule has 0 saturated carbocycles. The molecule has 0 amide bonds. The Bertz CT molecular complexity index is 329. The number of nitrogens with zero attached hydrogens (tertiary/aromatic N) is 2. The van der Waals surface area contributed by atoms with Gasteiger partial charge in [-0.25, -0.2) is 0 Å². The molecule has 1 unspecified atom stereocenters. The highest BCUT2D eigenvalue weighted by Crippen LogP contribution is 2.20. The van der Waals surface area contributed by atoms with Gasteiger partial charge in [-0.15, -0.1) is 24.0 Å². The van der Waals surface area contributed by atoms with Gasteiger partial charge in [0.2, 0.25) is 0 Å². The number of methoxy groups -OCH3 is 1. The Morgan fingerprint density at radius 3 is 2.86 bits per heavy atom. The number of hydrogen-bond acceptors (Lipinski definition) is 4. The molecule has 0 radical (unpaired) electrons. The monoisotopic (exact) mass is 429 g/mol. The minimum atomic E-state index is -0.131. The number of nitrogens with one attached hydrogen (secondary N) is 1. The Labute approximate surface area is 149 Å². The fraction of sp³-hybridized carbons (Fsp3) is 0.857. The van der Waals surface area contributed by atoms with Crippen molar-refractivity contribution in [1.82, 2.24) is 10.2 Å². The van der Waals surface area contributed by atoms with Gasteiger partial charge in [-0.05, 0) is 19.3 Å². The normalized spacial score (nSPS) is 18.9. The Balaban J connectivity index is 0.00000400. The molecular weight excluding hydrogens is 401 g/mol. The lowest BCUT2D eigenvalue weighted by Gasteiger charge is -2.34. The van der Waals surface area contributed by atoms with Crippen molar-refractivity contribution in [2.24, 2.45) is 4.99 Å². The molecule has 0 aliphatic carbocycles. The first-order chi connectivity index (χ1) is 9.71. The van der Waals surface area contributed by atoms with Gasteiger partial charge in [-0.1, -0.05) is 6.92 Å². The van der Waals surface area contributed by atoms with Crippen LogP contribution in [0.4, 0.5) is 0 Å². The fourth-order valence-corrected chi connectivity index (χ4v) is 3.37. The average Bonchev–Trinajstić information content (AvgIpc) is 2.50. The number of halogens is 1. The molecule has 0 aromatic rings. The van der Waals surface area contributed by atoms with Gasteiger partial charge in [-0.3, -0.25) is 9.79 Å². The van der Waals surface area contributed by atoms with Crippen molar-refractivity contribution >= 4 is 47.7 Å². The zero-order valence-corrected chi connectivity index (χ0v) is 16.4. The second kappa shape index (κ2) is 12.4. The third-order valence-electron chi connectivity index (χ3n) is 3.42. The van der Waals surface area contributed by atoms with Crippen molar-refractivity contribution < 1.29 is 9.53 Å². The summed E-state index contributed by atoms with van der Waals surface area (Å²) in [5, 5.41) is 4.10. The smallest absolute Gasteiger partial charge is 0.305 e. The van der Waals surface area contributed by atoms with Gasteiger partial charge in [0.1, 0.15) is 0 Å². The summed E-state index contributed by atoms with van der Waals surface area (Å²) >= 11 is 2.06. The van der Waals surface area contributed by atoms with Crippen LogP contribution in [0.2, 0.25) is 0 Å². The summed E-state index contributed by atoms with van der Waals surface area (Å²) in [4.78, 5) is 17.7. The summed E-state index contributed by atoms with van der Waals surface area (Å²) in [6, 6.07) is 0. The standard InChI is InChI=1S/C14H27N3O2S.HI/c1-4-12-11-17(9-10-20-12)14(15-2)16-8-6-5-7-13(18)19-3;/h12H,4-11H2,1-3H3,(H,15,16);1H. The second-order valence-corrected chi connectivity index (χ2v) is 6.26. The van der Waals surface area contributed by atoms with Crippen LogP contribution in [-0.2, 0) is 9.53 Å². The van der Waals surface area contributed by atoms with E-state index in [2.05, 4.69) is 38.6 Å². The summed E-state index contributed by atoms with van der Waals surface area (Å²) in [5.41, 5.74) is 0. The number of carbonyl (C=O) groups excluding carboxylic acids is 1. The predicted molar refractivity (Wildman–Crippen MR) is 101 cm³/mol. The quantitative estimate of drug-likeness (QED) is 0.231. The summed E-state index contributed by atoms with van der Waals surface area (Å²) in [6.07, 6.45) is 3.50. The molecule has 1 atom stereocenters. The molecule has 0 aromatic heterocycles. The minimum absolute atomic E-state index is 0. The lowest BCUT2D eigenvalue weighted by Crippen LogP contribution is -2.48. The topological polar surface area (TPSA) is 53.9 Å². The number of unbranched alkanes of at least 4 members (excludes halogenated alkanes) is 1. The van der Waals surface area contributed by atoms with Gasteiger partial charge in [0.05, 0.1) is 7.11 Å². The van der Waals surface area contributed by atoms with E-state index in [1.165, 1.54) is 19.3 Å². The van der Waals surface area contributed by atoms with Crippen LogP contribution in [0.3, 0.4) is 0 Å². The lowest BCUT2D eigenvalue weighted by molar-refractivity contribution is -0.140. The Kier molecular flexibility index (Phi) is 12.3. The average molecular weight is 429 g/mol. The molecule has 1 aliphatic rings. The molecule has 0 bridgehead atoms. The molecule has 0 aromatic carbocycles. The van der Waals surface area contributed by atoms with Gasteiger partial charge in [-0.2, -0.15) is 11.8 Å². The highest BCUT2D eigenvalue weighted by molar-refractivity contribution is 14.0. The number of rotatable bonds is 6. The van der Waals surface area contributed by atoms with E-state index in [1.54, 1.807) is 0 Å². The van der Waals surface area contributed by atoms with E-state index in [-0.39, 0.29) is 29.9 Å². The molecular formula is C14H28IN3O2S. The van der Waals surface area contributed by atoms with Crippen molar-refractivity contribution in [1.29, 1.82) is 0 Å². The second-order valence-electron chi connectivity index (χ2n) is 4.85. The predicted octanol–water partition coefficient (Wildman–Crippen LogP) is 2.35. The van der Waals surface area contributed by atoms with Crippen LogP contribution in [0.5, 0.6) is 0 Å². The summed E-state index contributed by atoms with van der Waals surface area (Å²) in [7, 11) is 3.26. The van der Waals surface area contributed by atoms with Gasteiger partial charge >= 0.3 is 5.97 Å². The van der Waals surface area contributed by atoms with E-state index in [1.807, 2.05) is 7.05 Å². The molecule has 1 N–H and O–H groups in total. The van der Waals surface area contributed by atoms with E-state index in [9.17, 15) is 4.79 Å². The SMILES string of the molecule is CCC1CN(C(=NC)NCCCCC(=O)OC)CCS1.I. The molecule has 1 heterocycles. The minimum Gasteiger partial charge on any atom is -0.469 e. The van der Waals surface area contributed by atoms with Crippen LogP contribution in [0, 0.1) is 0 Å². The third-order valence-corrected chi connectivity index (χ3v) is 4.80. The van der Waals surface area contributed by atoms with Crippen LogP contribution < -0.4 is 5.32 Å². The van der Waals surface area contributed by atoms with E-state index in [0.717, 1.165) is 38.4 Å². The molecule has 21 heavy (non-hydrogen) atoms. The van der Waals surface area contributed by atoms with Crippen molar-refractivity contribution in [3.8, 4) is 0 Å². The van der Waals surface area contributed by atoms with Crippen molar-refractivity contribution in [3.05, 3.63) is 0 Å². The van der Waals surface area contributed by atoms with Crippen LogP contribution in [0.1, 0.15) is 32.6 Å². The number of hydrogen-bond donors (Lipinski definition) is 1. The zero-order chi connectivity index (χ0) is 14.8. The molecule has 124 valence electrons. The summed E-state index contributed by atoms with van der Waals surface area (Å²) in [6.45, 7) is 5.22. The molecule has 1 aliphatic heterocycles. The zero-order valence-electron chi connectivity index (χ0n) is 13.3. The molecule has 7 heteroatoms.